The van der Waals surface area contributed by atoms with Gasteiger partial charge in [-0.15, -0.1) is 11.3 Å². The van der Waals surface area contributed by atoms with Gasteiger partial charge in [-0.3, -0.25) is 4.79 Å². The molecule has 5 nitrogen and oxygen atoms in total. The Balaban J connectivity index is 1.93. The number of amides is 1. The minimum atomic E-state index is -0.135. The van der Waals surface area contributed by atoms with Crippen LogP contribution in [0.25, 0.3) is 0 Å². The number of aryl methyl sites for hydroxylation is 1. The summed E-state index contributed by atoms with van der Waals surface area (Å²) in [7, 11) is 3.11. The van der Waals surface area contributed by atoms with E-state index in [1.807, 2.05) is 12.3 Å². The number of nitrogens with zero attached hydrogens (tertiary/aromatic N) is 1. The lowest BCUT2D eigenvalue weighted by molar-refractivity contribution is 0.0953. The number of hydrogen-bond acceptors (Lipinski definition) is 5. The Bertz CT molecular complexity index is 625. The van der Waals surface area contributed by atoms with Gasteiger partial charge in [0.15, 0.2) is 11.5 Å². The minimum absolute atomic E-state index is 0.135. The molecule has 1 aromatic carbocycles. The summed E-state index contributed by atoms with van der Waals surface area (Å²) in [5, 5.41) is 5.91. The second-order valence-corrected chi connectivity index (χ2v) is 5.40. The summed E-state index contributed by atoms with van der Waals surface area (Å²) in [6.45, 7) is 2.52. The fourth-order valence-corrected chi connectivity index (χ4v) is 2.66. The van der Waals surface area contributed by atoms with Crippen LogP contribution in [0.5, 0.6) is 11.5 Å². The van der Waals surface area contributed by atoms with Crippen molar-refractivity contribution in [3.8, 4) is 11.5 Å². The highest BCUT2D eigenvalue weighted by molar-refractivity contribution is 7.09. The predicted molar refractivity (Wildman–Crippen MR) is 82.4 cm³/mol. The van der Waals surface area contributed by atoms with E-state index in [1.54, 1.807) is 43.8 Å². The number of carbonyl (C=O) groups is 1. The predicted octanol–water partition coefficient (Wildman–Crippen LogP) is 2.44. The van der Waals surface area contributed by atoms with E-state index in [0.29, 0.717) is 23.6 Å². The average molecular weight is 306 g/mol. The maximum absolute atomic E-state index is 12.1. The van der Waals surface area contributed by atoms with Gasteiger partial charge in [0.2, 0.25) is 0 Å². The molecule has 2 rings (SSSR count). The van der Waals surface area contributed by atoms with E-state index in [9.17, 15) is 4.79 Å². The van der Waals surface area contributed by atoms with Gasteiger partial charge in [-0.25, -0.2) is 4.98 Å². The number of rotatable bonds is 6. The second kappa shape index (κ2) is 7.08. The molecular formula is C15H18N2O3S. The summed E-state index contributed by atoms with van der Waals surface area (Å²) >= 11 is 1.61. The van der Waals surface area contributed by atoms with E-state index < -0.39 is 0 Å². The molecule has 21 heavy (non-hydrogen) atoms. The summed E-state index contributed by atoms with van der Waals surface area (Å²) in [6, 6.07) is 5.10. The van der Waals surface area contributed by atoms with Crippen LogP contribution >= 0.6 is 11.3 Å². The van der Waals surface area contributed by atoms with Crippen molar-refractivity contribution >= 4 is 17.2 Å². The lowest BCUT2D eigenvalue weighted by Gasteiger charge is -2.09. The number of carbonyl (C=O) groups excluding carboxylic acids is 1. The van der Waals surface area contributed by atoms with Crippen LogP contribution in [0.2, 0.25) is 0 Å². The molecule has 0 fully saturated rings. The Morgan fingerprint density at radius 1 is 1.29 bits per heavy atom. The van der Waals surface area contributed by atoms with Crippen molar-refractivity contribution in [2.45, 2.75) is 13.3 Å². The third-order valence-corrected chi connectivity index (χ3v) is 3.96. The van der Waals surface area contributed by atoms with Crippen LogP contribution in [-0.2, 0) is 6.42 Å². The van der Waals surface area contributed by atoms with Crippen molar-refractivity contribution in [3.05, 3.63) is 39.8 Å². The molecule has 0 aliphatic carbocycles. The highest BCUT2D eigenvalue weighted by atomic mass is 32.1. The summed E-state index contributed by atoms with van der Waals surface area (Å²) in [5.41, 5.74) is 1.56. The largest absolute Gasteiger partial charge is 0.493 e. The monoisotopic (exact) mass is 306 g/mol. The van der Waals surface area contributed by atoms with Crippen LogP contribution in [0.3, 0.4) is 0 Å². The van der Waals surface area contributed by atoms with Crippen LogP contribution in [0.15, 0.2) is 23.6 Å². The topological polar surface area (TPSA) is 60.5 Å². The van der Waals surface area contributed by atoms with E-state index in [1.165, 1.54) is 0 Å². The Kier molecular flexibility index (Phi) is 5.16. The molecule has 0 unspecified atom stereocenters. The number of nitrogens with one attached hydrogen (secondary N) is 1. The van der Waals surface area contributed by atoms with Crippen LogP contribution < -0.4 is 14.8 Å². The molecule has 0 saturated heterocycles. The zero-order valence-corrected chi connectivity index (χ0v) is 13.1. The number of methoxy groups -OCH3 is 2. The number of ether oxygens (including phenoxy) is 2. The molecular weight excluding hydrogens is 288 g/mol. The number of benzene rings is 1. The maximum atomic E-state index is 12.1. The van der Waals surface area contributed by atoms with Gasteiger partial charge >= 0.3 is 0 Å². The molecule has 0 saturated carbocycles. The van der Waals surface area contributed by atoms with Crippen molar-refractivity contribution in [2.24, 2.45) is 0 Å². The number of hydrogen-bond donors (Lipinski definition) is 1. The first-order chi connectivity index (χ1) is 10.1. The van der Waals surface area contributed by atoms with E-state index in [-0.39, 0.29) is 5.91 Å². The summed E-state index contributed by atoms with van der Waals surface area (Å²) in [6.07, 6.45) is 0.734. The van der Waals surface area contributed by atoms with Gasteiger partial charge in [0.1, 0.15) is 0 Å². The quantitative estimate of drug-likeness (QED) is 0.890. The summed E-state index contributed by atoms with van der Waals surface area (Å²) < 4.78 is 10.3. The van der Waals surface area contributed by atoms with Gasteiger partial charge in [0, 0.05) is 29.6 Å². The third-order valence-electron chi connectivity index (χ3n) is 2.94. The maximum Gasteiger partial charge on any atom is 0.251 e. The van der Waals surface area contributed by atoms with Crippen LogP contribution in [0.1, 0.15) is 21.1 Å². The molecule has 2 aromatic rings. The molecule has 6 heteroatoms. The standard InChI is InChI=1S/C15H18N2O3S/c1-10-9-21-14(17-10)6-7-16-15(18)11-4-5-12(19-2)13(8-11)20-3/h4-5,8-9H,6-7H2,1-3H3,(H,16,18). The van der Waals surface area contributed by atoms with Crippen molar-refractivity contribution in [1.82, 2.24) is 10.3 Å². The van der Waals surface area contributed by atoms with E-state index in [2.05, 4.69) is 10.3 Å². The first-order valence-corrected chi connectivity index (χ1v) is 7.43. The van der Waals surface area contributed by atoms with E-state index >= 15 is 0 Å². The van der Waals surface area contributed by atoms with Gasteiger partial charge in [0.05, 0.1) is 19.2 Å². The molecule has 0 radical (unpaired) electrons. The molecule has 0 atom stereocenters. The second-order valence-electron chi connectivity index (χ2n) is 4.46. The Morgan fingerprint density at radius 2 is 2.05 bits per heavy atom. The Morgan fingerprint density at radius 3 is 2.67 bits per heavy atom. The molecule has 0 bridgehead atoms. The molecule has 0 aliphatic rings. The molecule has 1 amide bonds. The van der Waals surface area contributed by atoms with Crippen LogP contribution in [0, 0.1) is 6.92 Å². The van der Waals surface area contributed by atoms with E-state index in [4.69, 9.17) is 9.47 Å². The zero-order valence-electron chi connectivity index (χ0n) is 12.3. The molecule has 1 aromatic heterocycles. The van der Waals surface area contributed by atoms with Crippen molar-refractivity contribution in [3.63, 3.8) is 0 Å². The molecule has 1 N–H and O–H groups in total. The van der Waals surface area contributed by atoms with Gasteiger partial charge in [-0.2, -0.15) is 0 Å². The highest BCUT2D eigenvalue weighted by Crippen LogP contribution is 2.27. The van der Waals surface area contributed by atoms with Crippen LogP contribution in [-0.4, -0.2) is 31.7 Å². The number of thiazole rings is 1. The fraction of sp³-hybridized carbons (Fsp3) is 0.333. The summed E-state index contributed by atoms with van der Waals surface area (Å²) in [5.74, 6) is 1.01. The Labute approximate surface area is 127 Å². The Hall–Kier alpha value is -2.08. The van der Waals surface area contributed by atoms with Crippen molar-refractivity contribution in [1.29, 1.82) is 0 Å². The normalized spacial score (nSPS) is 10.2. The summed E-state index contributed by atoms with van der Waals surface area (Å²) in [4.78, 5) is 16.4. The average Bonchev–Trinajstić information content (AvgIpc) is 2.91. The number of aromatic nitrogens is 1. The zero-order chi connectivity index (χ0) is 15.2. The molecule has 1 heterocycles. The van der Waals surface area contributed by atoms with Gasteiger partial charge < -0.3 is 14.8 Å². The molecule has 0 aliphatic heterocycles. The lowest BCUT2D eigenvalue weighted by Crippen LogP contribution is -2.25. The molecule has 112 valence electrons. The first-order valence-electron chi connectivity index (χ1n) is 6.55. The lowest BCUT2D eigenvalue weighted by atomic mass is 10.2. The van der Waals surface area contributed by atoms with Crippen molar-refractivity contribution < 1.29 is 14.3 Å². The van der Waals surface area contributed by atoms with Gasteiger partial charge in [-0.05, 0) is 25.1 Å². The van der Waals surface area contributed by atoms with E-state index in [0.717, 1.165) is 17.1 Å². The minimum Gasteiger partial charge on any atom is -0.493 e. The highest BCUT2D eigenvalue weighted by Gasteiger charge is 2.10. The first kappa shape index (κ1) is 15.3. The fourth-order valence-electron chi connectivity index (χ4n) is 1.88. The van der Waals surface area contributed by atoms with Gasteiger partial charge in [-0.1, -0.05) is 0 Å². The smallest absolute Gasteiger partial charge is 0.251 e. The molecule has 0 spiro atoms. The third kappa shape index (κ3) is 3.95. The van der Waals surface area contributed by atoms with Crippen molar-refractivity contribution in [2.75, 3.05) is 20.8 Å². The SMILES string of the molecule is COc1ccc(C(=O)NCCc2nc(C)cs2)cc1OC. The van der Waals surface area contributed by atoms with Gasteiger partial charge in [0.25, 0.3) is 5.91 Å². The van der Waals surface area contributed by atoms with Crippen LogP contribution in [0.4, 0.5) is 0 Å².